The summed E-state index contributed by atoms with van der Waals surface area (Å²) < 4.78 is 65.3. The lowest BCUT2D eigenvalue weighted by atomic mass is 10.0. The van der Waals surface area contributed by atoms with E-state index in [0.717, 1.165) is 0 Å². The molecule has 0 aliphatic carbocycles. The van der Waals surface area contributed by atoms with Crippen LogP contribution < -0.4 is 9.64 Å². The molecule has 1 amide bonds. The number of alkyl halides is 1. The molecule has 6 rings (SSSR count). The van der Waals surface area contributed by atoms with E-state index in [0.29, 0.717) is 18.4 Å². The zero-order valence-corrected chi connectivity index (χ0v) is 25.4. The maximum absolute atomic E-state index is 16.6. The van der Waals surface area contributed by atoms with E-state index < -0.39 is 41.6 Å². The van der Waals surface area contributed by atoms with Crippen LogP contribution in [-0.2, 0) is 4.79 Å². The molecule has 0 saturated carbocycles. The number of aromatic nitrogens is 3. The van der Waals surface area contributed by atoms with Crippen molar-refractivity contribution in [3.63, 3.8) is 0 Å². The first-order valence-corrected chi connectivity index (χ1v) is 14.9. The van der Waals surface area contributed by atoms with Crippen LogP contribution in [0.25, 0.3) is 37.8 Å². The Morgan fingerprint density at radius 3 is 2.72 bits per heavy atom. The quantitative estimate of drug-likeness (QED) is 0.146. The number of nitrogens with zero attached hydrogens (tertiary/aromatic N) is 7. The van der Waals surface area contributed by atoms with Gasteiger partial charge < -0.3 is 19.4 Å². The summed E-state index contributed by atoms with van der Waals surface area (Å²) >= 11 is 6.33. The number of pyridine rings is 1. The molecule has 0 spiro atoms. The van der Waals surface area contributed by atoms with Gasteiger partial charge in [-0.1, -0.05) is 42.4 Å². The van der Waals surface area contributed by atoms with Crippen molar-refractivity contribution in [3.8, 4) is 17.3 Å². The number of carbonyl (C=O) groups is 1. The second kappa shape index (κ2) is 12.7. The summed E-state index contributed by atoms with van der Waals surface area (Å²) in [6.07, 6.45) is 0.605. The number of piperazine rings is 1. The van der Waals surface area contributed by atoms with Crippen molar-refractivity contribution in [2.45, 2.75) is 24.7 Å². The lowest BCUT2D eigenvalue weighted by Gasteiger charge is -2.39. The van der Waals surface area contributed by atoms with Crippen molar-refractivity contribution in [3.05, 3.63) is 77.0 Å². The second-order valence-corrected chi connectivity index (χ2v) is 11.7. The number of likely N-dealkylation sites (tertiary alicyclic amines) is 1. The first-order valence-electron chi connectivity index (χ1n) is 14.5. The molecule has 0 unspecified atom stereocenters. The normalized spacial score (nSPS) is 20.3. The van der Waals surface area contributed by atoms with E-state index in [9.17, 15) is 18.0 Å². The Kier molecular flexibility index (Phi) is 8.67. The topological polar surface area (TPSA) is 79.1 Å². The van der Waals surface area contributed by atoms with Gasteiger partial charge in [0.25, 0.3) is 5.91 Å². The van der Waals surface area contributed by atoms with Gasteiger partial charge in [0.15, 0.2) is 11.6 Å². The summed E-state index contributed by atoms with van der Waals surface area (Å²) in [5.41, 5.74) is -0.0561. The molecule has 0 N–H and O–H groups in total. The van der Waals surface area contributed by atoms with Crippen LogP contribution in [0.5, 0.6) is 6.01 Å². The lowest BCUT2D eigenvalue weighted by molar-refractivity contribution is -0.131. The molecule has 2 fully saturated rings. The molecule has 238 valence electrons. The van der Waals surface area contributed by atoms with Crippen molar-refractivity contribution in [2.75, 3.05) is 51.3 Å². The molecule has 3 atom stereocenters. The number of amides is 1. The number of halogens is 5. The maximum atomic E-state index is 16.6. The Hall–Kier alpha value is -4.54. The predicted molar refractivity (Wildman–Crippen MR) is 166 cm³/mol. The molecule has 2 aromatic heterocycles. The van der Waals surface area contributed by atoms with Crippen molar-refractivity contribution in [2.24, 2.45) is 0 Å². The molecule has 14 heteroatoms. The molecule has 46 heavy (non-hydrogen) atoms. The molecule has 4 heterocycles. The fourth-order valence-corrected chi connectivity index (χ4v) is 6.38. The van der Waals surface area contributed by atoms with Crippen molar-refractivity contribution in [1.82, 2.24) is 24.8 Å². The number of benzene rings is 2. The number of hydrogen-bond acceptors (Lipinski definition) is 7. The maximum Gasteiger partial charge on any atom is 0.319 e. The van der Waals surface area contributed by atoms with E-state index in [1.807, 2.05) is 4.90 Å². The second-order valence-electron chi connectivity index (χ2n) is 11.3. The van der Waals surface area contributed by atoms with Gasteiger partial charge in [0.2, 0.25) is 6.54 Å². The molecule has 4 aromatic rings. The first-order chi connectivity index (χ1) is 22.1. The van der Waals surface area contributed by atoms with Gasteiger partial charge in [-0.15, -0.1) is 0 Å². The molecule has 2 aromatic carbocycles. The zero-order valence-electron chi connectivity index (χ0n) is 24.7. The van der Waals surface area contributed by atoms with Gasteiger partial charge in [-0.05, 0) is 24.9 Å². The highest BCUT2D eigenvalue weighted by Gasteiger charge is 2.36. The van der Waals surface area contributed by atoms with Gasteiger partial charge in [0, 0.05) is 43.3 Å². The van der Waals surface area contributed by atoms with Gasteiger partial charge in [0.1, 0.15) is 41.7 Å². The van der Waals surface area contributed by atoms with E-state index in [2.05, 4.69) is 26.4 Å². The minimum atomic E-state index is -1.14. The standard InChI is InChI=1S/C32H28ClF4N7O2/c1-17(34)31(45)44-12-11-43(15-19(44)13-38-2)30-21-14-39-28(20-6-4-5-18-7-8-23(36)26(33)25(18)20)27(37)29(21)40-32(41-30)46-16-24-22(35)9-10-42(24)3/h4-8,14,19,22,24H,1,9-13,15-16H2,3H3/t19-,22+,24-/m0/s1. The van der Waals surface area contributed by atoms with Gasteiger partial charge in [0.05, 0.1) is 16.5 Å². The van der Waals surface area contributed by atoms with Crippen molar-refractivity contribution < 1.29 is 27.1 Å². The molecule has 0 bridgehead atoms. The number of ether oxygens (including phenoxy) is 1. The van der Waals surface area contributed by atoms with Crippen LogP contribution in [-0.4, -0.2) is 95.3 Å². The first kappa shape index (κ1) is 31.4. The summed E-state index contributed by atoms with van der Waals surface area (Å²) in [5.74, 6) is -3.36. The SMILES string of the molecule is [C-]#[N+]C[C@H]1CN(c2nc(OC[C@H]3[C@H](F)CCN3C)nc3c(F)c(-c4cccc5ccc(F)c(Cl)c45)ncc23)CCN1C(=O)C(=C)F. The van der Waals surface area contributed by atoms with E-state index in [4.69, 9.17) is 22.9 Å². The third kappa shape index (κ3) is 5.67. The predicted octanol–water partition coefficient (Wildman–Crippen LogP) is 5.62. The van der Waals surface area contributed by atoms with Gasteiger partial charge >= 0.3 is 6.01 Å². The molecular formula is C32H28ClF4N7O2. The highest BCUT2D eigenvalue weighted by atomic mass is 35.5. The Morgan fingerprint density at radius 1 is 1.20 bits per heavy atom. The summed E-state index contributed by atoms with van der Waals surface area (Å²) in [6, 6.07) is 6.23. The van der Waals surface area contributed by atoms with Crippen LogP contribution >= 0.6 is 11.6 Å². The van der Waals surface area contributed by atoms with E-state index in [1.165, 1.54) is 23.2 Å². The summed E-state index contributed by atoms with van der Waals surface area (Å²) in [7, 11) is 1.78. The van der Waals surface area contributed by atoms with Crippen LogP contribution in [0.3, 0.4) is 0 Å². The minimum Gasteiger partial charge on any atom is -0.462 e. The Morgan fingerprint density at radius 2 is 2.00 bits per heavy atom. The smallest absolute Gasteiger partial charge is 0.319 e. The number of fused-ring (bicyclic) bond motifs is 2. The van der Waals surface area contributed by atoms with Crippen LogP contribution in [0, 0.1) is 18.2 Å². The van der Waals surface area contributed by atoms with Gasteiger partial charge in [-0.2, -0.15) is 9.97 Å². The third-order valence-corrected chi connectivity index (χ3v) is 8.90. The number of anilines is 1. The Bertz CT molecular complexity index is 1890. The Balaban J connectivity index is 1.47. The summed E-state index contributed by atoms with van der Waals surface area (Å²) in [5, 5.41) is 0.866. The lowest BCUT2D eigenvalue weighted by Crippen LogP contribution is -2.56. The minimum absolute atomic E-state index is 0.0358. The molecular weight excluding hydrogens is 626 g/mol. The zero-order chi connectivity index (χ0) is 32.7. The van der Waals surface area contributed by atoms with Crippen molar-refractivity contribution >= 4 is 45.0 Å². The average Bonchev–Trinajstić information content (AvgIpc) is 3.37. The van der Waals surface area contributed by atoms with Crippen LogP contribution in [0.1, 0.15) is 6.42 Å². The number of likely N-dealkylation sites (N-methyl/N-ethyl adjacent to an activating group) is 1. The number of hydrogen-bond donors (Lipinski definition) is 0. The highest BCUT2D eigenvalue weighted by Crippen LogP contribution is 2.38. The van der Waals surface area contributed by atoms with Crippen LogP contribution in [0.15, 0.2) is 48.9 Å². The number of rotatable bonds is 7. The summed E-state index contributed by atoms with van der Waals surface area (Å²) in [6.45, 7) is 11.1. The average molecular weight is 654 g/mol. The van der Waals surface area contributed by atoms with Gasteiger partial charge in [-0.3, -0.25) is 14.7 Å². The molecule has 0 radical (unpaired) electrons. The fraction of sp³-hybridized carbons (Fsp3) is 0.344. The van der Waals surface area contributed by atoms with Crippen LogP contribution in [0.4, 0.5) is 23.4 Å². The van der Waals surface area contributed by atoms with Crippen LogP contribution in [0.2, 0.25) is 5.02 Å². The molecule has 2 aliphatic rings. The third-order valence-electron chi connectivity index (χ3n) is 8.54. The number of carbonyl (C=O) groups excluding carboxylic acids is 1. The Labute approximate surface area is 266 Å². The summed E-state index contributed by atoms with van der Waals surface area (Å²) in [4.78, 5) is 34.0. The monoisotopic (exact) mass is 653 g/mol. The van der Waals surface area contributed by atoms with E-state index in [-0.39, 0.29) is 77.2 Å². The molecule has 2 saturated heterocycles. The largest absolute Gasteiger partial charge is 0.462 e. The molecule has 2 aliphatic heterocycles. The molecule has 9 nitrogen and oxygen atoms in total. The fourth-order valence-electron chi connectivity index (χ4n) is 6.11. The van der Waals surface area contributed by atoms with E-state index >= 15 is 4.39 Å². The van der Waals surface area contributed by atoms with Gasteiger partial charge in [-0.25, -0.2) is 24.1 Å². The van der Waals surface area contributed by atoms with E-state index in [1.54, 1.807) is 30.1 Å². The highest BCUT2D eigenvalue weighted by molar-refractivity contribution is 6.36. The van der Waals surface area contributed by atoms with Crippen molar-refractivity contribution in [1.29, 1.82) is 0 Å².